The molecule has 7 rings (SSSR count). The van der Waals surface area contributed by atoms with Crippen LogP contribution in [0.2, 0.25) is 5.02 Å². The number of hydrogen-bond acceptors (Lipinski definition) is 8. The summed E-state index contributed by atoms with van der Waals surface area (Å²) in [7, 11) is 1.80. The summed E-state index contributed by atoms with van der Waals surface area (Å²) in [6, 6.07) is 1.70. The van der Waals surface area contributed by atoms with Crippen LogP contribution in [0.1, 0.15) is 43.2 Å². The smallest absolute Gasteiger partial charge is 0.274 e. The fourth-order valence-corrected chi connectivity index (χ4v) is 5.11. The largest absolute Gasteiger partial charge is 0.450 e. The maximum absolute atomic E-state index is 13.4. The number of aliphatic hydroxyl groups is 1. The molecule has 0 unspecified atom stereocenters. The number of nitrogens with one attached hydrogen (secondary N) is 1. The van der Waals surface area contributed by atoms with E-state index in [0.29, 0.717) is 57.2 Å². The molecule has 5 aromatic heterocycles. The Balaban J connectivity index is 1.26. The second-order valence-electron chi connectivity index (χ2n) is 9.63. The molecule has 188 valence electrons. The number of pyridine rings is 2. The average Bonchev–Trinajstić information content (AvgIpc) is 3.59. The zero-order valence-electron chi connectivity index (χ0n) is 19.9. The zero-order chi connectivity index (χ0) is 25.3. The van der Waals surface area contributed by atoms with Gasteiger partial charge in [0, 0.05) is 25.6 Å². The summed E-state index contributed by atoms with van der Waals surface area (Å²) < 4.78 is 11.1. The van der Waals surface area contributed by atoms with Crippen LogP contribution in [-0.4, -0.2) is 44.9 Å². The van der Waals surface area contributed by atoms with E-state index in [-0.39, 0.29) is 11.6 Å². The number of aryl methyl sites for hydroxylation is 1. The molecule has 2 saturated carbocycles. The number of imidazole rings is 1. The van der Waals surface area contributed by atoms with Gasteiger partial charge in [-0.15, -0.1) is 0 Å². The van der Waals surface area contributed by atoms with E-state index < -0.39 is 6.10 Å². The molecule has 2 aliphatic rings. The molecule has 0 saturated heterocycles. The normalized spacial score (nSPS) is 19.3. The van der Waals surface area contributed by atoms with Crippen LogP contribution in [0.3, 0.4) is 0 Å². The SMILES string of the molecule is Cn1c(Nc2cc(C3CC3)cn([C@H]3CC[C@@H]3O)c2=O)nc2ncc(Oc3cnn4ccncc34)c(Cl)c21. The topological polar surface area (TPSA) is 124 Å². The number of ether oxygens (including phenoxy) is 1. The third-order valence-corrected chi connectivity index (χ3v) is 7.60. The maximum Gasteiger partial charge on any atom is 0.274 e. The van der Waals surface area contributed by atoms with Crippen molar-refractivity contribution in [2.24, 2.45) is 7.05 Å². The van der Waals surface area contributed by atoms with E-state index >= 15 is 0 Å². The van der Waals surface area contributed by atoms with Crippen molar-refractivity contribution in [3.63, 3.8) is 0 Å². The molecule has 0 aromatic carbocycles. The van der Waals surface area contributed by atoms with Crippen LogP contribution in [0.5, 0.6) is 11.5 Å². The Labute approximate surface area is 215 Å². The summed E-state index contributed by atoms with van der Waals surface area (Å²) in [5.74, 6) is 1.70. The van der Waals surface area contributed by atoms with Crippen molar-refractivity contribution in [1.29, 1.82) is 0 Å². The maximum atomic E-state index is 13.4. The molecule has 0 amide bonds. The molecule has 2 atom stereocenters. The Morgan fingerprint density at radius 1 is 1.16 bits per heavy atom. The minimum absolute atomic E-state index is 0.190. The zero-order valence-corrected chi connectivity index (χ0v) is 20.6. The molecule has 37 heavy (non-hydrogen) atoms. The highest BCUT2D eigenvalue weighted by Gasteiger charge is 2.33. The van der Waals surface area contributed by atoms with Crippen LogP contribution < -0.4 is 15.6 Å². The van der Waals surface area contributed by atoms with Crippen LogP contribution >= 0.6 is 11.6 Å². The summed E-state index contributed by atoms with van der Waals surface area (Å²) >= 11 is 6.76. The van der Waals surface area contributed by atoms with Gasteiger partial charge in [-0.05, 0) is 43.2 Å². The number of aliphatic hydroxyl groups excluding tert-OH is 1. The number of aromatic nitrogens is 7. The van der Waals surface area contributed by atoms with Crippen LogP contribution in [0, 0.1) is 0 Å². The van der Waals surface area contributed by atoms with Crippen LogP contribution in [0.15, 0.2) is 48.0 Å². The van der Waals surface area contributed by atoms with E-state index in [1.807, 2.05) is 12.3 Å². The summed E-state index contributed by atoms with van der Waals surface area (Å²) in [6.07, 6.45) is 13.2. The van der Waals surface area contributed by atoms with Crippen molar-refractivity contribution in [2.45, 2.75) is 43.7 Å². The molecule has 0 bridgehead atoms. The van der Waals surface area contributed by atoms with Crippen molar-refractivity contribution in [1.82, 2.24) is 33.7 Å². The fourth-order valence-electron chi connectivity index (χ4n) is 4.82. The van der Waals surface area contributed by atoms with E-state index in [2.05, 4.69) is 25.4 Å². The molecule has 11 nitrogen and oxygen atoms in total. The standard InChI is InChI=1S/C25H23ClN8O3/c1-32-22-21(26)20(37-19-11-29-34-7-6-27-9-17(19)34)10-28-23(22)31-25(32)30-15-8-14(13-2-3-13)12-33(24(15)36)16-4-5-18(16)35/h6-13,16,18,35H,2-5H2,1H3,(H,28,30,31)/t16-,18-/m0/s1. The van der Waals surface area contributed by atoms with Gasteiger partial charge in [0.15, 0.2) is 17.1 Å². The summed E-state index contributed by atoms with van der Waals surface area (Å²) in [4.78, 5) is 26.5. The quantitative estimate of drug-likeness (QED) is 0.346. The minimum atomic E-state index is -0.499. The van der Waals surface area contributed by atoms with Gasteiger partial charge in [-0.25, -0.2) is 9.50 Å². The lowest BCUT2D eigenvalue weighted by Gasteiger charge is -2.34. The number of nitrogens with zero attached hydrogens (tertiary/aromatic N) is 7. The third kappa shape index (κ3) is 3.65. The number of anilines is 2. The van der Waals surface area contributed by atoms with Gasteiger partial charge in [-0.3, -0.25) is 9.78 Å². The van der Waals surface area contributed by atoms with Crippen molar-refractivity contribution in [2.75, 3.05) is 5.32 Å². The third-order valence-electron chi connectivity index (χ3n) is 7.23. The fraction of sp³-hybridized carbons (Fsp3) is 0.320. The van der Waals surface area contributed by atoms with E-state index in [0.717, 1.165) is 24.8 Å². The molecule has 2 aliphatic carbocycles. The number of hydrogen-bond donors (Lipinski definition) is 2. The van der Waals surface area contributed by atoms with E-state index in [4.69, 9.17) is 16.3 Å². The first-order valence-electron chi connectivity index (χ1n) is 12.1. The van der Waals surface area contributed by atoms with Gasteiger partial charge in [0.25, 0.3) is 5.56 Å². The Morgan fingerprint density at radius 3 is 2.78 bits per heavy atom. The molecule has 0 aliphatic heterocycles. The molecule has 2 N–H and O–H groups in total. The molecule has 12 heteroatoms. The molecule has 0 spiro atoms. The van der Waals surface area contributed by atoms with E-state index in [1.54, 1.807) is 45.5 Å². The van der Waals surface area contributed by atoms with Crippen molar-refractivity contribution in [3.8, 4) is 11.5 Å². The highest BCUT2D eigenvalue weighted by molar-refractivity contribution is 6.36. The van der Waals surface area contributed by atoms with Gasteiger partial charge in [0.05, 0.1) is 30.7 Å². The lowest BCUT2D eigenvalue weighted by Crippen LogP contribution is -2.39. The van der Waals surface area contributed by atoms with Gasteiger partial charge >= 0.3 is 0 Å². The highest BCUT2D eigenvalue weighted by Crippen LogP contribution is 2.42. The Hall–Kier alpha value is -3.96. The lowest BCUT2D eigenvalue weighted by atomic mass is 9.88. The predicted molar refractivity (Wildman–Crippen MR) is 137 cm³/mol. The predicted octanol–water partition coefficient (Wildman–Crippen LogP) is 3.94. The van der Waals surface area contributed by atoms with E-state index in [1.165, 1.54) is 6.20 Å². The van der Waals surface area contributed by atoms with Gasteiger partial charge in [-0.2, -0.15) is 10.1 Å². The number of fused-ring (bicyclic) bond motifs is 2. The van der Waals surface area contributed by atoms with Gasteiger partial charge in [0.1, 0.15) is 21.7 Å². The Kier molecular flexibility index (Phi) is 4.98. The number of halogens is 1. The molecule has 0 radical (unpaired) electrons. The molecule has 5 aromatic rings. The van der Waals surface area contributed by atoms with Crippen LogP contribution in [0.25, 0.3) is 16.7 Å². The van der Waals surface area contributed by atoms with Crippen LogP contribution in [-0.2, 0) is 7.05 Å². The van der Waals surface area contributed by atoms with Gasteiger partial charge in [0.2, 0.25) is 5.95 Å². The summed E-state index contributed by atoms with van der Waals surface area (Å²) in [5, 5.41) is 18.0. The second kappa shape index (κ2) is 8.29. The molecule has 2 fully saturated rings. The number of rotatable bonds is 6. The van der Waals surface area contributed by atoms with E-state index in [9.17, 15) is 9.90 Å². The monoisotopic (exact) mass is 518 g/mol. The first-order valence-corrected chi connectivity index (χ1v) is 12.5. The lowest BCUT2D eigenvalue weighted by molar-refractivity contribution is 0.0299. The Morgan fingerprint density at radius 2 is 2.03 bits per heavy atom. The minimum Gasteiger partial charge on any atom is -0.450 e. The van der Waals surface area contributed by atoms with Crippen molar-refractivity contribution < 1.29 is 9.84 Å². The van der Waals surface area contributed by atoms with Crippen molar-refractivity contribution >= 4 is 39.9 Å². The summed E-state index contributed by atoms with van der Waals surface area (Å²) in [5.41, 5.74) is 2.98. The highest BCUT2D eigenvalue weighted by atomic mass is 35.5. The first kappa shape index (κ1) is 22.3. The molecular formula is C25H23ClN8O3. The van der Waals surface area contributed by atoms with Gasteiger partial charge < -0.3 is 24.3 Å². The first-order chi connectivity index (χ1) is 18.0. The van der Waals surface area contributed by atoms with Gasteiger partial charge in [-0.1, -0.05) is 11.6 Å². The summed E-state index contributed by atoms with van der Waals surface area (Å²) in [6.45, 7) is 0. The average molecular weight is 519 g/mol. The second-order valence-corrected chi connectivity index (χ2v) is 10.0. The Bertz CT molecular complexity index is 1740. The van der Waals surface area contributed by atoms with Crippen molar-refractivity contribution in [3.05, 3.63) is 64.2 Å². The molecular weight excluding hydrogens is 496 g/mol. The molecule has 5 heterocycles. The van der Waals surface area contributed by atoms with Crippen LogP contribution in [0.4, 0.5) is 11.6 Å².